The molecule has 0 saturated carbocycles. The molecule has 0 aromatic rings. The zero-order valence-corrected chi connectivity index (χ0v) is 7.22. The highest BCUT2D eigenvalue weighted by Gasteiger charge is 2.18. The van der Waals surface area contributed by atoms with Gasteiger partial charge in [0.2, 0.25) is 0 Å². The first-order chi connectivity index (χ1) is 6.15. The number of rotatable bonds is 6. The molecule has 0 fully saturated rings. The summed E-state index contributed by atoms with van der Waals surface area (Å²) in [5, 5.41) is 26.3. The molecule has 5 nitrogen and oxygen atoms in total. The summed E-state index contributed by atoms with van der Waals surface area (Å²) in [5.41, 5.74) is 0. The Balaban J connectivity index is 3.84. The smallest absolute Gasteiger partial charge is 0.330 e. The fourth-order valence-electron chi connectivity index (χ4n) is 0.683. The van der Waals surface area contributed by atoms with Gasteiger partial charge < -0.3 is 20.1 Å². The lowest BCUT2D eigenvalue weighted by molar-refractivity contribution is -0.141. The second-order valence-electron chi connectivity index (χ2n) is 2.53. The first-order valence-corrected chi connectivity index (χ1v) is 3.84. The molecule has 3 N–H and O–H groups in total. The zero-order chi connectivity index (χ0) is 10.3. The minimum Gasteiger partial charge on any atom is -0.462 e. The Bertz CT molecular complexity index is 168. The van der Waals surface area contributed by atoms with Gasteiger partial charge in [0.05, 0.1) is 25.9 Å². The number of esters is 1. The third-order valence-corrected chi connectivity index (χ3v) is 1.57. The Labute approximate surface area is 76.3 Å². The second kappa shape index (κ2) is 6.59. The van der Waals surface area contributed by atoms with Gasteiger partial charge in [0.1, 0.15) is 0 Å². The van der Waals surface area contributed by atoms with Crippen molar-refractivity contribution in [2.24, 2.45) is 5.92 Å². The molecular formula is C8H14O5. The average Bonchev–Trinajstić information content (AvgIpc) is 2.17. The normalized spacial score (nSPS) is 14.7. The Hall–Kier alpha value is -0.910. The molecule has 0 aliphatic carbocycles. The number of aliphatic hydroxyl groups is 3. The summed E-state index contributed by atoms with van der Waals surface area (Å²) < 4.78 is 4.58. The van der Waals surface area contributed by atoms with Crippen LogP contribution in [0.1, 0.15) is 0 Å². The largest absolute Gasteiger partial charge is 0.462 e. The molecular weight excluding hydrogens is 176 g/mol. The van der Waals surface area contributed by atoms with Crippen LogP contribution >= 0.6 is 0 Å². The van der Waals surface area contributed by atoms with Gasteiger partial charge in [-0.3, -0.25) is 0 Å². The molecule has 76 valence electrons. The lowest BCUT2D eigenvalue weighted by Crippen LogP contribution is -2.31. The zero-order valence-electron chi connectivity index (χ0n) is 7.22. The maximum atomic E-state index is 10.6. The Kier molecular flexibility index (Phi) is 6.13. The van der Waals surface area contributed by atoms with E-state index >= 15 is 0 Å². The van der Waals surface area contributed by atoms with Crippen LogP contribution < -0.4 is 0 Å². The van der Waals surface area contributed by atoms with Crippen LogP contribution in [0, 0.1) is 5.92 Å². The monoisotopic (exact) mass is 190 g/mol. The molecule has 0 aliphatic heterocycles. The minimum absolute atomic E-state index is 0.136. The average molecular weight is 190 g/mol. The number of carbonyl (C=O) groups is 1. The van der Waals surface area contributed by atoms with E-state index in [-0.39, 0.29) is 13.2 Å². The molecule has 0 amide bonds. The van der Waals surface area contributed by atoms with E-state index in [2.05, 4.69) is 11.3 Å². The molecule has 13 heavy (non-hydrogen) atoms. The Morgan fingerprint density at radius 2 is 2.08 bits per heavy atom. The summed E-state index contributed by atoms with van der Waals surface area (Å²) in [4.78, 5) is 10.6. The van der Waals surface area contributed by atoms with Crippen LogP contribution in [0.15, 0.2) is 12.7 Å². The Morgan fingerprint density at radius 3 is 2.46 bits per heavy atom. The summed E-state index contributed by atoms with van der Waals surface area (Å²) in [5.74, 6) is -1.28. The number of hydrogen-bond acceptors (Lipinski definition) is 5. The van der Waals surface area contributed by atoms with Gasteiger partial charge in [0.15, 0.2) is 0 Å². The fourth-order valence-corrected chi connectivity index (χ4v) is 0.683. The van der Waals surface area contributed by atoms with Crippen LogP contribution in [0.3, 0.4) is 0 Å². The van der Waals surface area contributed by atoms with Gasteiger partial charge in [0.25, 0.3) is 0 Å². The lowest BCUT2D eigenvalue weighted by atomic mass is 10.1. The van der Waals surface area contributed by atoms with Gasteiger partial charge in [0, 0.05) is 12.0 Å². The molecule has 0 aromatic heterocycles. The summed E-state index contributed by atoms with van der Waals surface area (Å²) in [6, 6.07) is 0. The third-order valence-electron chi connectivity index (χ3n) is 1.57. The van der Waals surface area contributed by atoms with E-state index in [1.165, 1.54) is 0 Å². The number of aliphatic hydroxyl groups excluding tert-OH is 3. The predicted molar refractivity (Wildman–Crippen MR) is 44.8 cm³/mol. The summed E-state index contributed by atoms with van der Waals surface area (Å²) in [6.45, 7) is 2.21. The van der Waals surface area contributed by atoms with E-state index in [0.29, 0.717) is 0 Å². The molecule has 0 heterocycles. The van der Waals surface area contributed by atoms with Gasteiger partial charge in [-0.1, -0.05) is 6.58 Å². The van der Waals surface area contributed by atoms with Crippen molar-refractivity contribution in [3.63, 3.8) is 0 Å². The van der Waals surface area contributed by atoms with Gasteiger partial charge in [-0.2, -0.15) is 0 Å². The van der Waals surface area contributed by atoms with Crippen molar-refractivity contribution in [1.82, 2.24) is 0 Å². The van der Waals surface area contributed by atoms with Gasteiger partial charge in [-0.05, 0) is 0 Å². The van der Waals surface area contributed by atoms with Gasteiger partial charge in [-0.25, -0.2) is 4.79 Å². The third kappa shape index (κ3) is 4.62. The highest BCUT2D eigenvalue weighted by molar-refractivity contribution is 5.81. The molecule has 0 aromatic carbocycles. The SMILES string of the molecule is C=CC(=O)OCC(CO)C(O)CO. The van der Waals surface area contributed by atoms with Crippen LogP contribution in [0.25, 0.3) is 0 Å². The van der Waals surface area contributed by atoms with Crippen LogP contribution in [-0.2, 0) is 9.53 Å². The van der Waals surface area contributed by atoms with Crippen LogP contribution in [0.2, 0.25) is 0 Å². The van der Waals surface area contributed by atoms with Crippen molar-refractivity contribution in [3.8, 4) is 0 Å². The van der Waals surface area contributed by atoms with E-state index in [9.17, 15) is 4.79 Å². The van der Waals surface area contributed by atoms with E-state index in [1.54, 1.807) is 0 Å². The first-order valence-electron chi connectivity index (χ1n) is 3.84. The summed E-state index contributed by atoms with van der Waals surface area (Å²) in [7, 11) is 0. The van der Waals surface area contributed by atoms with E-state index in [0.717, 1.165) is 6.08 Å². The molecule has 0 bridgehead atoms. The van der Waals surface area contributed by atoms with Gasteiger partial charge >= 0.3 is 5.97 Å². The molecule has 0 rings (SSSR count). The van der Waals surface area contributed by atoms with Crippen molar-refractivity contribution >= 4 is 5.97 Å². The van der Waals surface area contributed by atoms with Crippen LogP contribution in [0.5, 0.6) is 0 Å². The highest BCUT2D eigenvalue weighted by Crippen LogP contribution is 2.03. The maximum Gasteiger partial charge on any atom is 0.330 e. The molecule has 2 atom stereocenters. The number of ether oxygens (including phenoxy) is 1. The molecule has 5 heteroatoms. The maximum absolute atomic E-state index is 10.6. The van der Waals surface area contributed by atoms with E-state index < -0.39 is 24.6 Å². The molecule has 0 radical (unpaired) electrons. The van der Waals surface area contributed by atoms with Crippen molar-refractivity contribution in [1.29, 1.82) is 0 Å². The van der Waals surface area contributed by atoms with Crippen LogP contribution in [0.4, 0.5) is 0 Å². The minimum atomic E-state index is -1.08. The van der Waals surface area contributed by atoms with Crippen molar-refractivity contribution in [2.45, 2.75) is 6.10 Å². The van der Waals surface area contributed by atoms with Crippen molar-refractivity contribution < 1.29 is 24.9 Å². The lowest BCUT2D eigenvalue weighted by Gasteiger charge is -2.17. The topological polar surface area (TPSA) is 87.0 Å². The fraction of sp³-hybridized carbons (Fsp3) is 0.625. The van der Waals surface area contributed by atoms with E-state index in [1.807, 2.05) is 0 Å². The summed E-state index contributed by atoms with van der Waals surface area (Å²) >= 11 is 0. The summed E-state index contributed by atoms with van der Waals surface area (Å²) in [6.07, 6.45) is -0.0950. The molecule has 0 saturated heterocycles. The van der Waals surface area contributed by atoms with E-state index in [4.69, 9.17) is 15.3 Å². The number of carbonyl (C=O) groups excluding carboxylic acids is 1. The van der Waals surface area contributed by atoms with Crippen molar-refractivity contribution in [3.05, 3.63) is 12.7 Å². The Morgan fingerprint density at radius 1 is 1.46 bits per heavy atom. The number of hydrogen-bond donors (Lipinski definition) is 3. The first kappa shape index (κ1) is 12.1. The predicted octanol–water partition coefficient (Wildman–Crippen LogP) is -1.32. The second-order valence-corrected chi connectivity index (χ2v) is 2.53. The van der Waals surface area contributed by atoms with Crippen molar-refractivity contribution in [2.75, 3.05) is 19.8 Å². The highest BCUT2D eigenvalue weighted by atomic mass is 16.5. The molecule has 0 spiro atoms. The standard InChI is InChI=1S/C8H14O5/c1-2-8(12)13-5-6(3-9)7(11)4-10/h2,6-7,9-11H,1,3-5H2. The van der Waals surface area contributed by atoms with Gasteiger partial charge in [-0.15, -0.1) is 0 Å². The molecule has 0 aliphatic rings. The van der Waals surface area contributed by atoms with Crippen LogP contribution in [-0.4, -0.2) is 47.2 Å². The quantitative estimate of drug-likeness (QED) is 0.357. The molecule has 2 unspecified atom stereocenters.